The third-order valence-electron chi connectivity index (χ3n) is 6.79. The fraction of sp³-hybridized carbons (Fsp3) is 0.481. The van der Waals surface area contributed by atoms with E-state index in [0.717, 1.165) is 33.6 Å². The van der Waals surface area contributed by atoms with Crippen LogP contribution in [0.15, 0.2) is 36.7 Å². The van der Waals surface area contributed by atoms with Crippen LogP contribution < -0.4 is 0 Å². The molecule has 0 amide bonds. The van der Waals surface area contributed by atoms with E-state index in [9.17, 15) is 18.0 Å². The summed E-state index contributed by atoms with van der Waals surface area (Å²) in [5.41, 5.74) is 5.90. The summed E-state index contributed by atoms with van der Waals surface area (Å²) in [6, 6.07) is 7.71. The summed E-state index contributed by atoms with van der Waals surface area (Å²) in [6.07, 6.45) is -0.655. The second-order valence-electron chi connectivity index (χ2n) is 9.80. The van der Waals surface area contributed by atoms with Crippen molar-refractivity contribution in [2.24, 2.45) is 0 Å². The molecule has 0 aromatic carbocycles. The molecule has 0 spiro atoms. The molecule has 1 fully saturated rings. The number of carbonyl (C=O) groups is 1. The van der Waals surface area contributed by atoms with Crippen molar-refractivity contribution in [1.82, 2.24) is 19.2 Å². The van der Waals surface area contributed by atoms with Gasteiger partial charge in [-0.15, -0.1) is 0 Å². The molecule has 0 saturated carbocycles. The van der Waals surface area contributed by atoms with Gasteiger partial charge in [0.05, 0.1) is 23.7 Å². The zero-order valence-corrected chi connectivity index (χ0v) is 21.4. The van der Waals surface area contributed by atoms with Gasteiger partial charge in [-0.25, -0.2) is 4.79 Å². The van der Waals surface area contributed by atoms with E-state index in [1.165, 1.54) is 4.90 Å². The van der Waals surface area contributed by atoms with Crippen molar-refractivity contribution >= 4 is 11.5 Å². The quantitative estimate of drug-likeness (QED) is 0.421. The highest BCUT2D eigenvalue weighted by Gasteiger charge is 2.34. The van der Waals surface area contributed by atoms with E-state index in [1.54, 1.807) is 0 Å². The number of carbonyl (C=O) groups excluding carboxylic acids is 1. The molecule has 0 aliphatic carbocycles. The Labute approximate surface area is 209 Å². The third kappa shape index (κ3) is 5.57. The normalized spacial score (nSPS) is 16.6. The summed E-state index contributed by atoms with van der Waals surface area (Å²) in [5, 5.41) is 0. The van der Waals surface area contributed by atoms with E-state index in [1.807, 2.05) is 71.3 Å². The molecular weight excluding hydrogens is 469 g/mol. The summed E-state index contributed by atoms with van der Waals surface area (Å²) in [5.74, 6) is -0.386. The van der Waals surface area contributed by atoms with Crippen molar-refractivity contribution in [2.45, 2.75) is 52.9 Å². The monoisotopic (exact) mass is 502 g/mol. The van der Waals surface area contributed by atoms with Crippen molar-refractivity contribution in [1.29, 1.82) is 0 Å². The molecule has 4 rings (SSSR count). The number of rotatable bonds is 6. The van der Waals surface area contributed by atoms with Crippen LogP contribution in [0.2, 0.25) is 0 Å². The first-order valence-corrected chi connectivity index (χ1v) is 12.3. The van der Waals surface area contributed by atoms with E-state index in [4.69, 9.17) is 4.74 Å². The first-order chi connectivity index (χ1) is 16.9. The van der Waals surface area contributed by atoms with Crippen molar-refractivity contribution in [2.75, 3.05) is 32.7 Å². The van der Waals surface area contributed by atoms with Gasteiger partial charge >= 0.3 is 12.1 Å². The van der Waals surface area contributed by atoms with Gasteiger partial charge < -0.3 is 9.14 Å². The van der Waals surface area contributed by atoms with Crippen LogP contribution in [0.5, 0.6) is 0 Å². The van der Waals surface area contributed by atoms with Crippen LogP contribution in [0.4, 0.5) is 13.2 Å². The molecule has 9 heteroatoms. The molecule has 1 aliphatic heterocycles. The fourth-order valence-electron chi connectivity index (χ4n) is 4.98. The first kappa shape index (κ1) is 26.2. The molecule has 6 nitrogen and oxygen atoms in total. The lowest BCUT2D eigenvalue weighted by molar-refractivity contribution is -0.149. The molecule has 4 heterocycles. The smallest absolute Gasteiger partial charge is 0.401 e. The number of fused-ring (bicyclic) bond motifs is 1. The van der Waals surface area contributed by atoms with Gasteiger partial charge in [-0.3, -0.25) is 14.8 Å². The van der Waals surface area contributed by atoms with Crippen LogP contribution >= 0.6 is 0 Å². The fourth-order valence-corrected chi connectivity index (χ4v) is 4.98. The number of piperazine rings is 1. The Morgan fingerprint density at radius 3 is 2.36 bits per heavy atom. The number of alkyl halides is 3. The number of halogens is 3. The van der Waals surface area contributed by atoms with E-state index < -0.39 is 12.7 Å². The Bertz CT molecular complexity index is 1230. The average Bonchev–Trinajstić information content (AvgIpc) is 3.21. The highest BCUT2D eigenvalue weighted by molar-refractivity contribution is 5.95. The lowest BCUT2D eigenvalue weighted by atomic mass is 9.99. The Balaban J connectivity index is 1.75. The second-order valence-corrected chi connectivity index (χ2v) is 9.80. The van der Waals surface area contributed by atoms with Crippen LogP contribution in [-0.2, 0) is 4.74 Å². The minimum atomic E-state index is -4.20. The van der Waals surface area contributed by atoms with Gasteiger partial charge in [0.2, 0.25) is 0 Å². The topological polar surface area (TPSA) is 50.1 Å². The molecule has 1 atom stereocenters. The standard InChI is InChI=1S/C27H33F3N4O2/c1-17(2)36-26(35)23-14-24-22(21-7-6-18(3)31-15-21)8-9-34(24)25(19(23)4)20(5)33-12-10-32(11-13-33)16-27(28,29)30/h6-9,14-15,17,20H,10-13,16H2,1-5H3. The van der Waals surface area contributed by atoms with Gasteiger partial charge in [0.1, 0.15) is 0 Å². The zero-order valence-electron chi connectivity index (χ0n) is 21.4. The second kappa shape index (κ2) is 10.2. The molecular formula is C27H33F3N4O2. The van der Waals surface area contributed by atoms with Gasteiger partial charge in [0, 0.05) is 67.1 Å². The first-order valence-electron chi connectivity index (χ1n) is 12.3. The maximum Gasteiger partial charge on any atom is 0.401 e. The van der Waals surface area contributed by atoms with Gasteiger partial charge in [0.15, 0.2) is 0 Å². The number of esters is 1. The Hall–Kier alpha value is -2.91. The van der Waals surface area contributed by atoms with Gasteiger partial charge in [-0.05, 0) is 58.4 Å². The van der Waals surface area contributed by atoms with E-state index in [2.05, 4.69) is 14.3 Å². The van der Waals surface area contributed by atoms with Crippen LogP contribution in [0.3, 0.4) is 0 Å². The number of nitrogens with zero attached hydrogens (tertiary/aromatic N) is 4. The SMILES string of the molecule is Cc1ccc(-c2ccn3c(C(C)N4CCN(CC(F)(F)F)CC4)c(C)c(C(=O)OC(C)C)cc23)cn1. The maximum atomic E-state index is 13.1. The number of hydrogen-bond donors (Lipinski definition) is 0. The van der Waals surface area contributed by atoms with Crippen LogP contribution in [0, 0.1) is 13.8 Å². The number of aryl methyl sites for hydroxylation is 1. The van der Waals surface area contributed by atoms with Crippen molar-refractivity contribution < 1.29 is 22.7 Å². The summed E-state index contributed by atoms with van der Waals surface area (Å²) in [7, 11) is 0. The molecule has 1 saturated heterocycles. The maximum absolute atomic E-state index is 13.1. The lowest BCUT2D eigenvalue weighted by Gasteiger charge is -2.39. The summed E-state index contributed by atoms with van der Waals surface area (Å²) >= 11 is 0. The summed E-state index contributed by atoms with van der Waals surface area (Å²) in [4.78, 5) is 21.1. The van der Waals surface area contributed by atoms with Gasteiger partial charge in [-0.2, -0.15) is 13.2 Å². The number of pyridine rings is 2. The van der Waals surface area contributed by atoms with E-state index >= 15 is 0 Å². The minimum absolute atomic E-state index is 0.122. The average molecular weight is 503 g/mol. The molecule has 3 aromatic rings. The van der Waals surface area contributed by atoms with E-state index in [0.29, 0.717) is 31.7 Å². The Kier molecular flexibility index (Phi) is 7.43. The van der Waals surface area contributed by atoms with Crippen LogP contribution in [0.1, 0.15) is 54.1 Å². The summed E-state index contributed by atoms with van der Waals surface area (Å²) in [6.45, 7) is 10.3. The predicted octanol–water partition coefficient (Wildman–Crippen LogP) is 5.42. The molecule has 1 aliphatic rings. The number of ether oxygens (including phenoxy) is 1. The van der Waals surface area contributed by atoms with E-state index in [-0.39, 0.29) is 18.1 Å². The Morgan fingerprint density at radius 2 is 1.78 bits per heavy atom. The third-order valence-corrected chi connectivity index (χ3v) is 6.79. The number of hydrogen-bond acceptors (Lipinski definition) is 5. The predicted molar refractivity (Wildman–Crippen MR) is 133 cm³/mol. The van der Waals surface area contributed by atoms with Gasteiger partial charge in [0.25, 0.3) is 0 Å². The van der Waals surface area contributed by atoms with Crippen LogP contribution in [-0.4, -0.2) is 70.2 Å². The molecule has 194 valence electrons. The summed E-state index contributed by atoms with van der Waals surface area (Å²) < 4.78 is 46.2. The van der Waals surface area contributed by atoms with Crippen molar-refractivity contribution in [3.63, 3.8) is 0 Å². The lowest BCUT2D eigenvalue weighted by Crippen LogP contribution is -2.49. The molecule has 3 aromatic heterocycles. The molecule has 36 heavy (non-hydrogen) atoms. The van der Waals surface area contributed by atoms with Gasteiger partial charge in [-0.1, -0.05) is 6.07 Å². The largest absolute Gasteiger partial charge is 0.459 e. The molecule has 0 N–H and O–H groups in total. The Morgan fingerprint density at radius 1 is 1.08 bits per heavy atom. The van der Waals surface area contributed by atoms with Crippen LogP contribution in [0.25, 0.3) is 16.6 Å². The molecule has 1 unspecified atom stereocenters. The highest BCUT2D eigenvalue weighted by Crippen LogP contribution is 2.34. The molecule has 0 radical (unpaired) electrons. The highest BCUT2D eigenvalue weighted by atomic mass is 19.4. The zero-order chi connectivity index (χ0) is 26.2. The number of aromatic nitrogens is 2. The molecule has 0 bridgehead atoms. The van der Waals surface area contributed by atoms with Crippen molar-refractivity contribution in [3.8, 4) is 11.1 Å². The minimum Gasteiger partial charge on any atom is -0.459 e. The van der Waals surface area contributed by atoms with Crippen molar-refractivity contribution in [3.05, 3.63) is 59.2 Å².